The molecule has 1 rings (SSSR count). The molecule has 1 aromatic rings. The summed E-state index contributed by atoms with van der Waals surface area (Å²) >= 11 is 0. The minimum absolute atomic E-state index is 0.218. The van der Waals surface area contributed by atoms with Crippen LogP contribution >= 0.6 is 0 Å². The molecule has 2 nitrogen and oxygen atoms in total. The lowest BCUT2D eigenvalue weighted by Crippen LogP contribution is -2.05. The molecule has 0 unspecified atom stereocenters. The number of benzene rings is 1. The van der Waals surface area contributed by atoms with E-state index in [1.165, 1.54) is 5.56 Å². The van der Waals surface area contributed by atoms with Crippen LogP contribution in [-0.4, -0.2) is 11.9 Å². The summed E-state index contributed by atoms with van der Waals surface area (Å²) < 4.78 is 5.68. The second-order valence-electron chi connectivity index (χ2n) is 5.27. The zero-order chi connectivity index (χ0) is 14.1. The molecule has 0 N–H and O–H groups in total. The van der Waals surface area contributed by atoms with Crippen LogP contribution < -0.4 is 4.74 Å². The molecule has 0 amide bonds. The standard InChI is InChI=1S/C17H26O2/c1-4-16(18)11-7-5-6-9-15-10-8-12-17(13-15)19-14(2)3/h8,10,12-14H,4-7,9,11H2,1-3H3. The lowest BCUT2D eigenvalue weighted by Gasteiger charge is -2.10. The zero-order valence-electron chi connectivity index (χ0n) is 12.4. The van der Waals surface area contributed by atoms with Gasteiger partial charge in [-0.3, -0.25) is 4.79 Å². The number of ketones is 1. The maximum atomic E-state index is 11.2. The third-order valence-electron chi connectivity index (χ3n) is 3.09. The Bertz CT molecular complexity index is 383. The molecule has 0 aliphatic rings. The van der Waals surface area contributed by atoms with Crippen LogP contribution in [0.25, 0.3) is 0 Å². The highest BCUT2D eigenvalue weighted by Crippen LogP contribution is 2.17. The SMILES string of the molecule is CCC(=O)CCCCCc1cccc(OC(C)C)c1. The largest absolute Gasteiger partial charge is 0.491 e. The molecule has 0 fully saturated rings. The third kappa shape index (κ3) is 7.00. The van der Waals surface area contributed by atoms with E-state index in [0.717, 1.165) is 37.9 Å². The first-order valence-electron chi connectivity index (χ1n) is 7.39. The van der Waals surface area contributed by atoms with Crippen molar-refractivity contribution in [1.82, 2.24) is 0 Å². The van der Waals surface area contributed by atoms with E-state index in [9.17, 15) is 4.79 Å². The van der Waals surface area contributed by atoms with Crippen molar-refractivity contribution in [2.24, 2.45) is 0 Å². The monoisotopic (exact) mass is 262 g/mol. The predicted octanol–water partition coefficient (Wildman–Crippen LogP) is 4.56. The first-order valence-corrected chi connectivity index (χ1v) is 7.39. The topological polar surface area (TPSA) is 26.3 Å². The molecule has 19 heavy (non-hydrogen) atoms. The van der Waals surface area contributed by atoms with Gasteiger partial charge in [0.2, 0.25) is 0 Å². The molecule has 0 saturated heterocycles. The van der Waals surface area contributed by atoms with Crippen LogP contribution in [0.2, 0.25) is 0 Å². The van der Waals surface area contributed by atoms with E-state index in [4.69, 9.17) is 4.74 Å². The maximum Gasteiger partial charge on any atom is 0.132 e. The van der Waals surface area contributed by atoms with Gasteiger partial charge in [0.1, 0.15) is 11.5 Å². The van der Waals surface area contributed by atoms with Crippen molar-refractivity contribution in [2.45, 2.75) is 65.4 Å². The molecule has 0 aliphatic heterocycles. The van der Waals surface area contributed by atoms with Gasteiger partial charge in [0.25, 0.3) is 0 Å². The Balaban J connectivity index is 2.27. The van der Waals surface area contributed by atoms with Crippen LogP contribution in [0.5, 0.6) is 5.75 Å². The van der Waals surface area contributed by atoms with Crippen LogP contribution in [0.1, 0.15) is 58.4 Å². The molecule has 1 aromatic carbocycles. The summed E-state index contributed by atoms with van der Waals surface area (Å²) in [5.41, 5.74) is 1.32. The number of rotatable bonds is 9. The highest BCUT2D eigenvalue weighted by Gasteiger charge is 2.01. The first-order chi connectivity index (χ1) is 9.11. The summed E-state index contributed by atoms with van der Waals surface area (Å²) in [5, 5.41) is 0. The van der Waals surface area contributed by atoms with Crippen LogP contribution in [0.3, 0.4) is 0 Å². The summed E-state index contributed by atoms with van der Waals surface area (Å²) in [4.78, 5) is 11.2. The lowest BCUT2D eigenvalue weighted by molar-refractivity contribution is -0.118. The second kappa shape index (κ2) is 8.73. The van der Waals surface area contributed by atoms with Crippen LogP contribution in [0.4, 0.5) is 0 Å². The van der Waals surface area contributed by atoms with E-state index in [1.54, 1.807) is 0 Å². The summed E-state index contributed by atoms with van der Waals surface area (Å²) in [6, 6.07) is 8.32. The lowest BCUT2D eigenvalue weighted by atomic mass is 10.0. The van der Waals surface area contributed by atoms with Crippen molar-refractivity contribution in [3.8, 4) is 5.75 Å². The average Bonchev–Trinajstić information content (AvgIpc) is 2.37. The number of carbonyl (C=O) groups is 1. The summed E-state index contributed by atoms with van der Waals surface area (Å²) in [7, 11) is 0. The van der Waals surface area contributed by atoms with Gasteiger partial charge in [-0.15, -0.1) is 0 Å². The molecule has 0 heterocycles. The number of hydrogen-bond acceptors (Lipinski definition) is 2. The number of unbranched alkanes of at least 4 members (excludes halogenated alkanes) is 2. The minimum Gasteiger partial charge on any atom is -0.491 e. The highest BCUT2D eigenvalue weighted by molar-refractivity contribution is 5.77. The molecule has 106 valence electrons. The minimum atomic E-state index is 0.218. The van der Waals surface area contributed by atoms with Crippen LogP contribution in [-0.2, 0) is 11.2 Å². The van der Waals surface area contributed by atoms with Crippen molar-refractivity contribution >= 4 is 5.78 Å². The van der Waals surface area contributed by atoms with E-state index in [1.807, 2.05) is 32.9 Å². The van der Waals surface area contributed by atoms with E-state index in [2.05, 4.69) is 12.1 Å². The van der Waals surface area contributed by atoms with Crippen molar-refractivity contribution in [2.75, 3.05) is 0 Å². The molecule has 2 heteroatoms. The number of hydrogen-bond donors (Lipinski definition) is 0. The maximum absolute atomic E-state index is 11.2. The fraction of sp³-hybridized carbons (Fsp3) is 0.588. The smallest absolute Gasteiger partial charge is 0.132 e. The van der Waals surface area contributed by atoms with E-state index in [0.29, 0.717) is 12.2 Å². The summed E-state index contributed by atoms with van der Waals surface area (Å²) in [6.07, 6.45) is 5.99. The Morgan fingerprint density at radius 2 is 2.00 bits per heavy atom. The Kier molecular flexibility index (Phi) is 7.24. The van der Waals surface area contributed by atoms with Crippen molar-refractivity contribution in [1.29, 1.82) is 0 Å². The Morgan fingerprint density at radius 3 is 2.68 bits per heavy atom. The molecular weight excluding hydrogens is 236 g/mol. The van der Waals surface area contributed by atoms with Crippen molar-refractivity contribution in [3.05, 3.63) is 29.8 Å². The normalized spacial score (nSPS) is 10.7. The Labute approximate surface area is 117 Å². The van der Waals surface area contributed by atoms with Crippen molar-refractivity contribution in [3.63, 3.8) is 0 Å². The molecule has 0 aromatic heterocycles. The van der Waals surface area contributed by atoms with E-state index in [-0.39, 0.29) is 6.10 Å². The zero-order valence-corrected chi connectivity index (χ0v) is 12.4. The van der Waals surface area contributed by atoms with Gasteiger partial charge >= 0.3 is 0 Å². The number of carbonyl (C=O) groups excluding carboxylic acids is 1. The fourth-order valence-corrected chi connectivity index (χ4v) is 2.05. The van der Waals surface area contributed by atoms with Gasteiger partial charge in [-0.2, -0.15) is 0 Å². The number of aryl methyl sites for hydroxylation is 1. The average molecular weight is 262 g/mol. The predicted molar refractivity (Wildman–Crippen MR) is 79.7 cm³/mol. The Hall–Kier alpha value is -1.31. The van der Waals surface area contributed by atoms with Gasteiger partial charge in [0.05, 0.1) is 6.10 Å². The van der Waals surface area contributed by atoms with E-state index < -0.39 is 0 Å². The molecule has 0 atom stereocenters. The van der Waals surface area contributed by atoms with Crippen LogP contribution in [0.15, 0.2) is 24.3 Å². The molecule has 0 spiro atoms. The van der Waals surface area contributed by atoms with Crippen molar-refractivity contribution < 1.29 is 9.53 Å². The fourth-order valence-electron chi connectivity index (χ4n) is 2.05. The molecule has 0 saturated carbocycles. The van der Waals surface area contributed by atoms with Gasteiger partial charge < -0.3 is 4.74 Å². The summed E-state index contributed by atoms with van der Waals surface area (Å²) in [5.74, 6) is 1.33. The quantitative estimate of drug-likeness (QED) is 0.610. The number of ether oxygens (including phenoxy) is 1. The van der Waals surface area contributed by atoms with Crippen LogP contribution in [0, 0.1) is 0 Å². The number of Topliss-reactive ketones (excluding diaryl/α,β-unsaturated/α-hetero) is 1. The molecule has 0 bridgehead atoms. The second-order valence-corrected chi connectivity index (χ2v) is 5.27. The third-order valence-corrected chi connectivity index (χ3v) is 3.09. The van der Waals surface area contributed by atoms with Gasteiger partial charge in [-0.25, -0.2) is 0 Å². The van der Waals surface area contributed by atoms with E-state index >= 15 is 0 Å². The highest BCUT2D eigenvalue weighted by atomic mass is 16.5. The molecule has 0 aliphatic carbocycles. The molecule has 0 radical (unpaired) electrons. The van der Waals surface area contributed by atoms with Gasteiger partial charge in [-0.05, 0) is 50.8 Å². The Morgan fingerprint density at radius 1 is 1.21 bits per heavy atom. The first kappa shape index (κ1) is 15.7. The van der Waals surface area contributed by atoms with Gasteiger partial charge in [0, 0.05) is 12.8 Å². The summed E-state index contributed by atoms with van der Waals surface area (Å²) in [6.45, 7) is 6.01. The van der Waals surface area contributed by atoms with Gasteiger partial charge in [-0.1, -0.05) is 25.5 Å². The molecular formula is C17H26O2. The van der Waals surface area contributed by atoms with Gasteiger partial charge in [0.15, 0.2) is 0 Å².